The molecule has 1 aliphatic heterocycles. The zero-order valence-corrected chi connectivity index (χ0v) is 13.7. The Kier molecular flexibility index (Phi) is 7.14. The Morgan fingerprint density at radius 1 is 1.23 bits per heavy atom. The molecule has 0 bridgehead atoms. The van der Waals surface area contributed by atoms with Crippen LogP contribution in [0, 0.1) is 0 Å². The van der Waals surface area contributed by atoms with Crippen molar-refractivity contribution in [1.82, 2.24) is 15.5 Å². The van der Waals surface area contributed by atoms with Crippen LogP contribution in [0.4, 0.5) is 10.5 Å². The summed E-state index contributed by atoms with van der Waals surface area (Å²) < 4.78 is 0. The molecule has 3 amide bonds. The van der Waals surface area contributed by atoms with Crippen LogP contribution in [0.15, 0.2) is 24.3 Å². The van der Waals surface area contributed by atoms with E-state index in [1.807, 2.05) is 18.7 Å². The number of anilines is 1. The number of hydrogen-bond acceptors (Lipinski definition) is 3. The van der Waals surface area contributed by atoms with Crippen LogP contribution < -0.4 is 16.0 Å². The second kappa shape index (κ2) is 8.60. The van der Waals surface area contributed by atoms with Gasteiger partial charge in [0, 0.05) is 43.5 Å². The van der Waals surface area contributed by atoms with E-state index in [9.17, 15) is 9.59 Å². The topological polar surface area (TPSA) is 73.5 Å². The number of rotatable bonds is 3. The van der Waals surface area contributed by atoms with Gasteiger partial charge in [0.1, 0.15) is 0 Å². The monoisotopic (exact) mass is 326 g/mol. The van der Waals surface area contributed by atoms with E-state index < -0.39 is 0 Å². The van der Waals surface area contributed by atoms with Crippen LogP contribution in [0.3, 0.4) is 0 Å². The number of halogens is 1. The number of urea groups is 1. The fourth-order valence-electron chi connectivity index (χ4n) is 2.21. The summed E-state index contributed by atoms with van der Waals surface area (Å²) in [5.74, 6) is 0.00409. The van der Waals surface area contributed by atoms with Gasteiger partial charge in [-0.3, -0.25) is 4.79 Å². The first kappa shape index (κ1) is 18.3. The van der Waals surface area contributed by atoms with E-state index in [0.717, 1.165) is 13.1 Å². The maximum Gasteiger partial charge on any atom is 0.319 e. The minimum absolute atomic E-state index is 0. The van der Waals surface area contributed by atoms with Gasteiger partial charge in [-0.05, 0) is 32.0 Å². The Hall–Kier alpha value is -1.79. The van der Waals surface area contributed by atoms with Gasteiger partial charge in [-0.2, -0.15) is 0 Å². The van der Waals surface area contributed by atoms with E-state index in [1.165, 1.54) is 0 Å². The van der Waals surface area contributed by atoms with Crippen molar-refractivity contribution < 1.29 is 9.59 Å². The summed E-state index contributed by atoms with van der Waals surface area (Å²) in [5, 5.41) is 8.71. The molecule has 0 radical (unpaired) electrons. The largest absolute Gasteiger partial charge is 0.336 e. The number of carbonyl (C=O) groups excluding carboxylic acids is 2. The first-order chi connectivity index (χ1) is 10.1. The standard InChI is InChI=1S/C15H22N4O2.ClH/c1-11(2)17-15(21)18-13-5-3-4-12(10-13)14(20)19-8-6-16-7-9-19;/h3-5,10-11,16H,6-9H2,1-2H3,(H2,17,18,21);1H. The lowest BCUT2D eigenvalue weighted by molar-refractivity contribution is 0.0736. The van der Waals surface area contributed by atoms with E-state index in [0.29, 0.717) is 24.3 Å². The highest BCUT2D eigenvalue weighted by atomic mass is 35.5. The molecular weight excluding hydrogens is 304 g/mol. The highest BCUT2D eigenvalue weighted by Gasteiger charge is 2.18. The molecule has 6 nitrogen and oxygen atoms in total. The Bertz CT molecular complexity index is 516. The number of carbonyl (C=O) groups is 2. The third kappa shape index (κ3) is 5.20. The summed E-state index contributed by atoms with van der Waals surface area (Å²) in [7, 11) is 0. The van der Waals surface area contributed by atoms with Gasteiger partial charge < -0.3 is 20.9 Å². The quantitative estimate of drug-likeness (QED) is 0.791. The molecule has 0 aromatic heterocycles. The molecule has 2 rings (SSSR count). The SMILES string of the molecule is CC(C)NC(=O)Nc1cccc(C(=O)N2CCNCC2)c1.Cl. The third-order valence-electron chi connectivity index (χ3n) is 3.19. The number of nitrogens with zero attached hydrogens (tertiary/aromatic N) is 1. The molecule has 122 valence electrons. The Balaban J connectivity index is 0.00000242. The molecule has 0 spiro atoms. The maximum atomic E-state index is 12.4. The second-order valence-electron chi connectivity index (χ2n) is 5.38. The van der Waals surface area contributed by atoms with E-state index in [-0.39, 0.29) is 30.4 Å². The minimum Gasteiger partial charge on any atom is -0.336 e. The molecule has 1 aromatic rings. The molecule has 0 unspecified atom stereocenters. The van der Waals surface area contributed by atoms with Crippen molar-refractivity contribution in [3.8, 4) is 0 Å². The average Bonchev–Trinajstić information content (AvgIpc) is 2.46. The predicted octanol–water partition coefficient (Wildman–Crippen LogP) is 1.68. The van der Waals surface area contributed by atoms with Crippen LogP contribution in [0.5, 0.6) is 0 Å². The molecule has 0 atom stereocenters. The van der Waals surface area contributed by atoms with Crippen LogP contribution >= 0.6 is 12.4 Å². The van der Waals surface area contributed by atoms with E-state index >= 15 is 0 Å². The molecule has 1 aliphatic rings. The summed E-state index contributed by atoms with van der Waals surface area (Å²) in [6.45, 7) is 6.85. The molecule has 1 fully saturated rings. The van der Waals surface area contributed by atoms with Gasteiger partial charge in [0.2, 0.25) is 0 Å². The van der Waals surface area contributed by atoms with E-state index in [4.69, 9.17) is 0 Å². The minimum atomic E-state index is -0.267. The van der Waals surface area contributed by atoms with Crippen molar-refractivity contribution in [3.63, 3.8) is 0 Å². The summed E-state index contributed by atoms with van der Waals surface area (Å²) in [6, 6.07) is 6.84. The zero-order chi connectivity index (χ0) is 15.2. The summed E-state index contributed by atoms with van der Waals surface area (Å²) >= 11 is 0. The molecule has 1 saturated heterocycles. The smallest absolute Gasteiger partial charge is 0.319 e. The van der Waals surface area contributed by atoms with Gasteiger partial charge >= 0.3 is 6.03 Å². The highest BCUT2D eigenvalue weighted by Crippen LogP contribution is 2.13. The lowest BCUT2D eigenvalue weighted by Crippen LogP contribution is -2.46. The molecule has 0 aliphatic carbocycles. The summed E-state index contributed by atoms with van der Waals surface area (Å²) in [6.07, 6.45) is 0. The Labute approximate surface area is 137 Å². The van der Waals surface area contributed by atoms with Crippen LogP contribution in [-0.4, -0.2) is 49.1 Å². The number of piperazine rings is 1. The number of nitrogens with one attached hydrogen (secondary N) is 3. The lowest BCUT2D eigenvalue weighted by atomic mass is 10.1. The number of amides is 3. The first-order valence-corrected chi connectivity index (χ1v) is 7.24. The molecule has 0 saturated carbocycles. The van der Waals surface area contributed by atoms with Gasteiger partial charge in [0.25, 0.3) is 5.91 Å². The van der Waals surface area contributed by atoms with Crippen LogP contribution in [0.2, 0.25) is 0 Å². The summed E-state index contributed by atoms with van der Waals surface area (Å²) in [5.41, 5.74) is 1.22. The van der Waals surface area contributed by atoms with E-state index in [1.54, 1.807) is 24.3 Å². The first-order valence-electron chi connectivity index (χ1n) is 7.24. The second-order valence-corrected chi connectivity index (χ2v) is 5.38. The van der Waals surface area contributed by atoms with E-state index in [2.05, 4.69) is 16.0 Å². The lowest BCUT2D eigenvalue weighted by Gasteiger charge is -2.27. The molecule has 1 aromatic carbocycles. The van der Waals surface area contributed by atoms with Crippen molar-refractivity contribution in [1.29, 1.82) is 0 Å². The zero-order valence-electron chi connectivity index (χ0n) is 12.9. The van der Waals surface area contributed by atoms with Crippen molar-refractivity contribution in [2.24, 2.45) is 0 Å². The van der Waals surface area contributed by atoms with Gasteiger partial charge in [0.05, 0.1) is 0 Å². The fourth-order valence-corrected chi connectivity index (χ4v) is 2.21. The maximum absolute atomic E-state index is 12.4. The Morgan fingerprint density at radius 3 is 2.55 bits per heavy atom. The molecular formula is C15H23ClN4O2. The fraction of sp³-hybridized carbons (Fsp3) is 0.467. The predicted molar refractivity (Wildman–Crippen MR) is 89.8 cm³/mol. The van der Waals surface area contributed by atoms with Crippen molar-refractivity contribution in [3.05, 3.63) is 29.8 Å². The van der Waals surface area contributed by atoms with Gasteiger partial charge in [0.15, 0.2) is 0 Å². The van der Waals surface area contributed by atoms with Gasteiger partial charge in [-0.15, -0.1) is 12.4 Å². The average molecular weight is 327 g/mol. The number of benzene rings is 1. The van der Waals surface area contributed by atoms with Gasteiger partial charge in [-0.1, -0.05) is 6.07 Å². The summed E-state index contributed by atoms with van der Waals surface area (Å²) in [4.78, 5) is 25.9. The van der Waals surface area contributed by atoms with Crippen LogP contribution in [-0.2, 0) is 0 Å². The third-order valence-corrected chi connectivity index (χ3v) is 3.19. The van der Waals surface area contributed by atoms with Crippen LogP contribution in [0.25, 0.3) is 0 Å². The Morgan fingerprint density at radius 2 is 1.91 bits per heavy atom. The normalized spacial score (nSPS) is 14.2. The molecule has 7 heteroatoms. The molecule has 22 heavy (non-hydrogen) atoms. The molecule has 1 heterocycles. The van der Waals surface area contributed by atoms with Gasteiger partial charge in [-0.25, -0.2) is 4.79 Å². The highest BCUT2D eigenvalue weighted by molar-refractivity contribution is 5.97. The van der Waals surface area contributed by atoms with Crippen molar-refractivity contribution >= 4 is 30.0 Å². The van der Waals surface area contributed by atoms with Crippen molar-refractivity contribution in [2.75, 3.05) is 31.5 Å². The van der Waals surface area contributed by atoms with Crippen LogP contribution in [0.1, 0.15) is 24.2 Å². The van der Waals surface area contributed by atoms with Crippen molar-refractivity contribution in [2.45, 2.75) is 19.9 Å². The molecule has 3 N–H and O–H groups in total. The number of hydrogen-bond donors (Lipinski definition) is 3.